The normalized spacial score (nSPS) is 12.4. The molecule has 0 atom stereocenters. The number of hydrogen-bond acceptors (Lipinski definition) is 5. The van der Waals surface area contributed by atoms with Crippen molar-refractivity contribution in [3.8, 4) is 0 Å². The van der Waals surface area contributed by atoms with E-state index in [4.69, 9.17) is 16.9 Å². The van der Waals surface area contributed by atoms with E-state index in [2.05, 4.69) is 10.6 Å². The van der Waals surface area contributed by atoms with E-state index in [9.17, 15) is 22.8 Å². The molecule has 0 aromatic rings. The number of nitrogens with zero attached hydrogens (tertiary/aromatic N) is 1. The van der Waals surface area contributed by atoms with Crippen molar-refractivity contribution < 1.29 is 27.9 Å². The van der Waals surface area contributed by atoms with Crippen LogP contribution in [0, 0.1) is 0 Å². The van der Waals surface area contributed by atoms with Crippen molar-refractivity contribution in [3.63, 3.8) is 0 Å². The molecular weight excluding hydrogens is 366 g/mol. The zero-order valence-corrected chi connectivity index (χ0v) is 15.4. The van der Waals surface area contributed by atoms with Crippen molar-refractivity contribution in [3.05, 3.63) is 0 Å². The first-order valence-corrected chi connectivity index (χ1v) is 9.50. The molecule has 0 unspecified atom stereocenters. The minimum Gasteiger partial charge on any atom is -0.480 e. The van der Waals surface area contributed by atoms with Crippen LogP contribution in [0.15, 0.2) is 0 Å². The molecule has 3 N–H and O–H groups in total. The fraction of sp³-hybridized carbons (Fsp3) is 0.846. The maximum atomic E-state index is 12.9. The molecule has 0 saturated carbocycles. The molecule has 0 aliphatic rings. The third-order valence-electron chi connectivity index (χ3n) is 3.11. The molecule has 0 heterocycles. The molecule has 0 aliphatic carbocycles. The largest absolute Gasteiger partial charge is 0.480 e. The van der Waals surface area contributed by atoms with E-state index in [1.807, 2.05) is 13.8 Å². The first kappa shape index (κ1) is 23.2. The van der Waals surface area contributed by atoms with Crippen LogP contribution in [0.5, 0.6) is 0 Å². The fourth-order valence-corrected chi connectivity index (χ4v) is 3.16. The number of halogens is 3. The number of nitrogens with one attached hydrogen (secondary N) is 2. The molecule has 6 nitrogen and oxygen atoms in total. The van der Waals surface area contributed by atoms with Crippen molar-refractivity contribution in [1.29, 1.82) is 0 Å². The highest BCUT2D eigenvalue weighted by atomic mass is 32.4. The van der Waals surface area contributed by atoms with Gasteiger partial charge in [0.05, 0.1) is 0 Å². The van der Waals surface area contributed by atoms with Gasteiger partial charge < -0.3 is 5.11 Å². The minimum atomic E-state index is -5.19. The number of alkyl halides is 3. The van der Waals surface area contributed by atoms with Gasteiger partial charge in [-0.3, -0.25) is 25.1 Å². The first-order chi connectivity index (χ1) is 11.1. The maximum Gasteiger partial charge on any atom is 0.471 e. The van der Waals surface area contributed by atoms with E-state index < -0.39 is 30.1 Å². The van der Waals surface area contributed by atoms with E-state index in [-0.39, 0.29) is 12.3 Å². The molecule has 0 saturated heterocycles. The summed E-state index contributed by atoms with van der Waals surface area (Å²) in [6, 6.07) is 0. The van der Waals surface area contributed by atoms with Crippen LogP contribution in [-0.2, 0) is 21.4 Å². The van der Waals surface area contributed by atoms with Crippen LogP contribution in [0.2, 0.25) is 0 Å². The second kappa shape index (κ2) is 10.9. The van der Waals surface area contributed by atoms with Crippen molar-refractivity contribution in [2.24, 2.45) is 0 Å². The van der Waals surface area contributed by atoms with Gasteiger partial charge in [-0.15, -0.1) is 0 Å². The summed E-state index contributed by atoms with van der Waals surface area (Å²) in [5, 5.41) is 14.6. The summed E-state index contributed by atoms with van der Waals surface area (Å²) < 4.78 is 38.7. The Morgan fingerprint density at radius 1 is 1.12 bits per heavy atom. The Balaban J connectivity index is 5.68. The zero-order chi connectivity index (χ0) is 18.8. The van der Waals surface area contributed by atoms with E-state index in [0.29, 0.717) is 25.9 Å². The Labute approximate surface area is 146 Å². The standard InChI is InChI=1S/C13H23F3N3O3PS/c1-3-5-7-17-13(23-24,18-8-6-4-2)19(9-10(20)21)11(22)12(14,15)16/h17-18H,3-9H2,1-2H3,(H,20,21). The molecule has 24 heavy (non-hydrogen) atoms. The van der Waals surface area contributed by atoms with Gasteiger partial charge in [0.1, 0.15) is 6.54 Å². The Morgan fingerprint density at radius 3 is 1.88 bits per heavy atom. The molecule has 0 radical (unpaired) electrons. The second-order valence-corrected chi connectivity index (χ2v) is 6.48. The predicted octanol–water partition coefficient (Wildman–Crippen LogP) is 2.26. The van der Waals surface area contributed by atoms with Crippen LogP contribution in [0.25, 0.3) is 0 Å². The fourth-order valence-electron chi connectivity index (χ4n) is 1.87. The van der Waals surface area contributed by atoms with E-state index in [0.717, 1.165) is 12.8 Å². The number of carbonyl (C=O) groups excluding carboxylic acids is 1. The molecular formula is C13H23F3N3O3PS. The smallest absolute Gasteiger partial charge is 0.471 e. The van der Waals surface area contributed by atoms with Gasteiger partial charge in [0.25, 0.3) is 0 Å². The molecule has 1 amide bonds. The molecule has 0 fully saturated rings. The molecule has 0 bridgehead atoms. The maximum absolute atomic E-state index is 12.9. The average Bonchev–Trinajstić information content (AvgIpc) is 2.50. The zero-order valence-electron chi connectivity index (χ0n) is 13.7. The Kier molecular flexibility index (Phi) is 10.5. The lowest BCUT2D eigenvalue weighted by molar-refractivity contribution is -0.192. The molecule has 0 aromatic carbocycles. The third-order valence-corrected chi connectivity index (χ3v) is 4.72. The lowest BCUT2D eigenvalue weighted by atomic mass is 10.3. The van der Waals surface area contributed by atoms with Gasteiger partial charge in [-0.05, 0) is 25.9 Å². The van der Waals surface area contributed by atoms with Gasteiger partial charge >= 0.3 is 18.1 Å². The highest BCUT2D eigenvalue weighted by Gasteiger charge is 2.50. The number of hydrogen-bond donors (Lipinski definition) is 3. The topological polar surface area (TPSA) is 81.7 Å². The van der Waals surface area contributed by atoms with Gasteiger partial charge in [-0.25, -0.2) is 0 Å². The summed E-state index contributed by atoms with van der Waals surface area (Å²) in [5.74, 6) is -3.79. The van der Waals surface area contributed by atoms with Crippen molar-refractivity contribution in [2.45, 2.75) is 51.2 Å². The number of carbonyl (C=O) groups is 2. The van der Waals surface area contributed by atoms with Gasteiger partial charge in [0, 0.05) is 7.36 Å². The van der Waals surface area contributed by atoms with E-state index >= 15 is 0 Å². The summed E-state index contributed by atoms with van der Waals surface area (Å²) in [5.41, 5.74) is -1.76. The van der Waals surface area contributed by atoms with Crippen LogP contribution in [0.4, 0.5) is 13.2 Å². The van der Waals surface area contributed by atoms with Gasteiger partial charge in [0.2, 0.25) is 5.53 Å². The molecule has 0 spiro atoms. The van der Waals surface area contributed by atoms with E-state index in [1.54, 1.807) is 0 Å². The highest BCUT2D eigenvalue weighted by Crippen LogP contribution is 2.28. The van der Waals surface area contributed by atoms with Gasteiger partial charge in [-0.2, -0.15) is 13.2 Å². The SMILES string of the molecule is CCCCNC(NCCCC)(P=S)N(CC(=O)O)C(=O)C(F)(F)F. The van der Waals surface area contributed by atoms with Crippen LogP contribution in [-0.4, -0.2) is 53.2 Å². The number of aliphatic carboxylic acids is 1. The van der Waals surface area contributed by atoms with Crippen molar-refractivity contribution in [2.75, 3.05) is 19.6 Å². The van der Waals surface area contributed by atoms with Gasteiger partial charge in [-0.1, -0.05) is 38.5 Å². The number of carboxylic acids is 1. The summed E-state index contributed by atoms with van der Waals surface area (Å²) in [6.07, 6.45) is -2.36. The summed E-state index contributed by atoms with van der Waals surface area (Å²) in [6.45, 7) is 3.27. The summed E-state index contributed by atoms with van der Waals surface area (Å²) in [4.78, 5) is 23.0. The predicted molar refractivity (Wildman–Crippen MR) is 88.2 cm³/mol. The van der Waals surface area contributed by atoms with Crippen LogP contribution in [0.1, 0.15) is 39.5 Å². The van der Waals surface area contributed by atoms with E-state index in [1.165, 1.54) is 0 Å². The minimum absolute atomic E-state index is 0.0440. The van der Waals surface area contributed by atoms with Crippen molar-refractivity contribution in [1.82, 2.24) is 15.5 Å². The van der Waals surface area contributed by atoms with Crippen LogP contribution < -0.4 is 10.6 Å². The first-order valence-electron chi connectivity index (χ1n) is 7.59. The molecule has 0 rings (SSSR count). The molecule has 0 aliphatic heterocycles. The molecule has 11 heteroatoms. The third kappa shape index (κ3) is 7.38. The Morgan fingerprint density at radius 2 is 1.58 bits per heavy atom. The summed E-state index contributed by atoms with van der Waals surface area (Å²) in [7, 11) is -0.0440. The summed E-state index contributed by atoms with van der Waals surface area (Å²) >= 11 is 4.95. The number of carboxylic acid groups (broad SMARTS) is 1. The van der Waals surface area contributed by atoms with Crippen LogP contribution >= 0.6 is 7.36 Å². The quantitative estimate of drug-likeness (QED) is 0.270. The Bertz CT molecular complexity index is 428. The Hall–Kier alpha value is -0.830. The second-order valence-electron chi connectivity index (χ2n) is 5.11. The van der Waals surface area contributed by atoms with Crippen LogP contribution in [0.3, 0.4) is 0 Å². The average molecular weight is 389 g/mol. The van der Waals surface area contributed by atoms with Crippen molar-refractivity contribution >= 4 is 31.0 Å². The molecule has 0 aromatic heterocycles. The monoisotopic (exact) mass is 389 g/mol. The number of unbranched alkanes of at least 4 members (excludes halogenated alkanes) is 2. The van der Waals surface area contributed by atoms with Gasteiger partial charge in [0.15, 0.2) is 0 Å². The number of rotatable bonds is 12. The number of amides is 1. The lowest BCUT2D eigenvalue weighted by Crippen LogP contribution is -2.68. The lowest BCUT2D eigenvalue weighted by Gasteiger charge is -2.41. The molecule has 140 valence electrons. The highest BCUT2D eigenvalue weighted by molar-refractivity contribution is 7.97.